The van der Waals surface area contributed by atoms with Gasteiger partial charge in [-0.3, -0.25) is 0 Å². The largest absolute Gasteiger partial charge is 0.397 e. The van der Waals surface area contributed by atoms with E-state index in [-0.39, 0.29) is 15.9 Å². The molecule has 1 rings (SSSR count). The number of rotatable bonds is 12. The zero-order chi connectivity index (χ0) is 22.6. The molecule has 1 unspecified atom stereocenters. The summed E-state index contributed by atoms with van der Waals surface area (Å²) in [6.45, 7) is 22.1. The summed E-state index contributed by atoms with van der Waals surface area (Å²) in [5.41, 5.74) is 0.849. The van der Waals surface area contributed by atoms with Crippen LogP contribution in [0.2, 0.25) is 11.1 Å². The van der Waals surface area contributed by atoms with Crippen molar-refractivity contribution in [3.05, 3.63) is 0 Å². The maximum Gasteiger partial charge on any atom is 0.345 e. The summed E-state index contributed by atoms with van der Waals surface area (Å²) < 4.78 is 13.5. The van der Waals surface area contributed by atoms with Crippen LogP contribution in [0.25, 0.3) is 0 Å². The van der Waals surface area contributed by atoms with Crippen LogP contribution in [0.4, 0.5) is 0 Å². The molecule has 1 saturated carbocycles. The third-order valence-electron chi connectivity index (χ3n) is 10.3. The Kier molecular flexibility index (Phi) is 9.53. The monoisotopic (exact) mass is 426 g/mol. The molecule has 0 amide bonds. The minimum absolute atomic E-state index is 0.104. The van der Waals surface area contributed by atoms with E-state index < -0.39 is 8.56 Å². The van der Waals surface area contributed by atoms with E-state index in [0.717, 1.165) is 12.5 Å². The lowest BCUT2D eigenvalue weighted by Gasteiger charge is -2.73. The summed E-state index contributed by atoms with van der Waals surface area (Å²) >= 11 is 0. The minimum Gasteiger partial charge on any atom is -0.397 e. The molecule has 0 bridgehead atoms. The van der Waals surface area contributed by atoms with Crippen molar-refractivity contribution in [1.82, 2.24) is 0 Å². The van der Waals surface area contributed by atoms with Crippen molar-refractivity contribution in [1.29, 1.82) is 0 Å². The van der Waals surface area contributed by atoms with Gasteiger partial charge in [-0.15, -0.1) is 0 Å². The molecule has 0 N–H and O–H groups in total. The van der Waals surface area contributed by atoms with Crippen LogP contribution in [-0.4, -0.2) is 22.8 Å². The second kappa shape index (κ2) is 10.2. The molecule has 0 saturated heterocycles. The van der Waals surface area contributed by atoms with Gasteiger partial charge in [0.25, 0.3) is 0 Å². The molecule has 1 fully saturated rings. The van der Waals surface area contributed by atoms with Gasteiger partial charge in [0.2, 0.25) is 0 Å². The van der Waals surface area contributed by atoms with E-state index >= 15 is 0 Å². The van der Waals surface area contributed by atoms with Crippen molar-refractivity contribution in [3.8, 4) is 0 Å². The van der Waals surface area contributed by atoms with Gasteiger partial charge in [0.05, 0.1) is 0 Å². The lowest BCUT2D eigenvalue weighted by Crippen LogP contribution is -2.70. The van der Waals surface area contributed by atoms with Crippen LogP contribution in [0.3, 0.4) is 0 Å². The molecule has 0 spiro atoms. The Hall–Kier alpha value is 0.137. The lowest BCUT2D eigenvalue weighted by atomic mass is 9.41. The summed E-state index contributed by atoms with van der Waals surface area (Å²) in [6.07, 6.45) is 11.2. The SMILES string of the molecule is CCC(CC)C[Si](OC)(OC)C1(CC)C(C)(C)CCC(CC)(CC)C1(CC)CC. The smallest absolute Gasteiger partial charge is 0.345 e. The third kappa shape index (κ3) is 3.59. The zero-order valence-corrected chi connectivity index (χ0v) is 23.0. The highest BCUT2D eigenvalue weighted by molar-refractivity contribution is 6.71. The number of hydrogen-bond acceptors (Lipinski definition) is 2. The molecule has 174 valence electrons. The molecule has 1 aliphatic carbocycles. The minimum atomic E-state index is -2.53. The van der Waals surface area contributed by atoms with E-state index in [1.54, 1.807) is 0 Å². The highest BCUT2D eigenvalue weighted by atomic mass is 28.4. The Morgan fingerprint density at radius 1 is 0.724 bits per heavy atom. The summed E-state index contributed by atoms with van der Waals surface area (Å²) in [5.74, 6) is 0.687. The fourth-order valence-corrected chi connectivity index (χ4v) is 14.6. The van der Waals surface area contributed by atoms with E-state index in [2.05, 4.69) is 62.3 Å². The standard InChI is InChI=1S/C26H54O2Si/c1-12-22(13-2)21-29(27-10,28-11)26(18-7)23(8,9)19-20-24(14-3,15-4)25(26,16-5)17-6/h22H,12-21H2,1-11H3. The normalized spacial score (nSPS) is 26.1. The molecule has 0 aromatic rings. The highest BCUT2D eigenvalue weighted by Crippen LogP contribution is 2.80. The Balaban J connectivity index is 4.01. The Labute approximate surface area is 185 Å². The topological polar surface area (TPSA) is 18.5 Å². The molecule has 0 aromatic carbocycles. The average molecular weight is 427 g/mol. The zero-order valence-electron chi connectivity index (χ0n) is 22.0. The van der Waals surface area contributed by atoms with Crippen LogP contribution in [0.15, 0.2) is 0 Å². The Morgan fingerprint density at radius 2 is 1.21 bits per heavy atom. The van der Waals surface area contributed by atoms with Crippen molar-refractivity contribution in [2.24, 2.45) is 22.2 Å². The molecule has 0 aromatic heterocycles. The summed E-state index contributed by atoms with van der Waals surface area (Å²) in [4.78, 5) is 0. The van der Waals surface area contributed by atoms with Crippen LogP contribution < -0.4 is 0 Å². The van der Waals surface area contributed by atoms with Crippen molar-refractivity contribution >= 4 is 8.56 Å². The van der Waals surface area contributed by atoms with Gasteiger partial charge in [0.1, 0.15) is 0 Å². The molecule has 2 nitrogen and oxygen atoms in total. The van der Waals surface area contributed by atoms with Gasteiger partial charge in [0, 0.05) is 19.3 Å². The molecular weight excluding hydrogens is 372 g/mol. The summed E-state index contributed by atoms with van der Waals surface area (Å²) in [7, 11) is 1.43. The van der Waals surface area contributed by atoms with Gasteiger partial charge in [-0.2, -0.15) is 0 Å². The van der Waals surface area contributed by atoms with Crippen molar-refractivity contribution < 1.29 is 8.85 Å². The van der Waals surface area contributed by atoms with Gasteiger partial charge in [-0.1, -0.05) is 75.2 Å². The van der Waals surface area contributed by atoms with Gasteiger partial charge in [0.15, 0.2) is 0 Å². The molecular formula is C26H54O2Si. The molecule has 1 atom stereocenters. The summed E-state index contributed by atoms with van der Waals surface area (Å²) in [6, 6.07) is 1.13. The third-order valence-corrected chi connectivity index (χ3v) is 15.6. The first kappa shape index (κ1) is 27.2. The van der Waals surface area contributed by atoms with E-state index in [0.29, 0.717) is 11.3 Å². The Bertz CT molecular complexity index is 485. The average Bonchev–Trinajstić information content (AvgIpc) is 2.75. The van der Waals surface area contributed by atoms with Crippen LogP contribution in [-0.2, 0) is 8.85 Å². The predicted molar refractivity (Wildman–Crippen MR) is 131 cm³/mol. The maximum absolute atomic E-state index is 6.75. The fraction of sp³-hybridized carbons (Fsp3) is 1.00. The first-order valence-corrected chi connectivity index (χ1v) is 14.8. The van der Waals surface area contributed by atoms with Crippen molar-refractivity contribution in [2.75, 3.05) is 14.2 Å². The van der Waals surface area contributed by atoms with Crippen LogP contribution in [0.5, 0.6) is 0 Å². The Morgan fingerprint density at radius 3 is 1.52 bits per heavy atom. The molecule has 29 heavy (non-hydrogen) atoms. The van der Waals surface area contributed by atoms with Crippen LogP contribution in [0.1, 0.15) is 120 Å². The maximum atomic E-state index is 6.75. The lowest BCUT2D eigenvalue weighted by molar-refractivity contribution is -0.144. The molecule has 3 heteroatoms. The molecule has 0 heterocycles. The van der Waals surface area contributed by atoms with Crippen LogP contribution in [0, 0.1) is 22.2 Å². The summed E-state index contributed by atoms with van der Waals surface area (Å²) in [5, 5.41) is 0.104. The van der Waals surface area contributed by atoms with Gasteiger partial charge in [-0.05, 0) is 73.2 Å². The van der Waals surface area contributed by atoms with Crippen molar-refractivity contribution in [3.63, 3.8) is 0 Å². The number of hydrogen-bond donors (Lipinski definition) is 0. The second-order valence-electron chi connectivity index (χ2n) is 10.5. The first-order chi connectivity index (χ1) is 13.6. The van der Waals surface area contributed by atoms with E-state index in [1.165, 1.54) is 51.4 Å². The first-order valence-electron chi connectivity index (χ1n) is 12.7. The van der Waals surface area contributed by atoms with E-state index in [9.17, 15) is 0 Å². The highest BCUT2D eigenvalue weighted by Gasteiger charge is 2.76. The van der Waals surface area contributed by atoms with E-state index in [4.69, 9.17) is 8.85 Å². The predicted octanol–water partition coefficient (Wildman–Crippen LogP) is 8.74. The molecule has 1 aliphatic rings. The quantitative estimate of drug-likeness (QED) is 0.290. The van der Waals surface area contributed by atoms with Gasteiger partial charge < -0.3 is 8.85 Å². The second-order valence-corrected chi connectivity index (χ2v) is 14.1. The van der Waals surface area contributed by atoms with Crippen LogP contribution >= 0.6 is 0 Å². The van der Waals surface area contributed by atoms with Crippen molar-refractivity contribution in [2.45, 2.75) is 131 Å². The molecule has 0 aliphatic heterocycles. The fourth-order valence-electron chi connectivity index (χ4n) is 8.69. The van der Waals surface area contributed by atoms with Gasteiger partial charge in [-0.25, -0.2) is 0 Å². The molecule has 0 radical (unpaired) electrons. The van der Waals surface area contributed by atoms with Gasteiger partial charge >= 0.3 is 8.56 Å². The van der Waals surface area contributed by atoms with E-state index in [1.807, 2.05) is 14.2 Å².